The van der Waals surface area contributed by atoms with Crippen molar-refractivity contribution in [2.45, 2.75) is 19.6 Å². The molecule has 13 heteroatoms. The van der Waals surface area contributed by atoms with Gasteiger partial charge in [-0.25, -0.2) is 4.98 Å². The number of carbonyl (C=O) groups is 1. The third-order valence-corrected chi connectivity index (χ3v) is 5.03. The number of hydrogen-bond acceptors (Lipinski definition) is 6. The summed E-state index contributed by atoms with van der Waals surface area (Å²) in [5.74, 6) is -0.110. The Morgan fingerprint density at radius 2 is 1.91 bits per heavy atom. The molecule has 4 aromatic rings. The van der Waals surface area contributed by atoms with E-state index < -0.39 is 29.8 Å². The van der Waals surface area contributed by atoms with Crippen LogP contribution in [0.3, 0.4) is 0 Å². The predicted octanol–water partition coefficient (Wildman–Crippen LogP) is 3.69. The van der Waals surface area contributed by atoms with E-state index in [4.69, 9.17) is 16.3 Å². The minimum atomic E-state index is -4.61. The number of alkyl halides is 3. The average Bonchev–Trinajstić information content (AvgIpc) is 3.22. The molecule has 9 nitrogen and oxygen atoms in total. The number of ether oxygens (including phenoxy) is 1. The zero-order valence-electron chi connectivity index (χ0n) is 17.5. The minimum Gasteiger partial charge on any atom is -0.494 e. The summed E-state index contributed by atoms with van der Waals surface area (Å²) < 4.78 is 46.5. The summed E-state index contributed by atoms with van der Waals surface area (Å²) in [5.41, 5.74) is -1.17. The highest BCUT2D eigenvalue weighted by molar-refractivity contribution is 6.33. The molecule has 176 valence electrons. The third-order valence-electron chi connectivity index (χ3n) is 4.70. The first-order chi connectivity index (χ1) is 16.2. The minimum absolute atomic E-state index is 0.0821. The lowest BCUT2D eigenvalue weighted by Gasteiger charge is -2.12. The highest BCUT2D eigenvalue weighted by Crippen LogP contribution is 2.33. The Morgan fingerprint density at radius 1 is 1.18 bits per heavy atom. The maximum Gasteiger partial charge on any atom is 0.416 e. The summed E-state index contributed by atoms with van der Waals surface area (Å²) >= 11 is 5.90. The average molecular weight is 493 g/mol. The van der Waals surface area contributed by atoms with Gasteiger partial charge in [0, 0.05) is 0 Å². The second kappa shape index (κ2) is 9.14. The van der Waals surface area contributed by atoms with Crippen LogP contribution >= 0.6 is 11.6 Å². The van der Waals surface area contributed by atoms with Crippen molar-refractivity contribution in [3.05, 3.63) is 69.7 Å². The van der Waals surface area contributed by atoms with Gasteiger partial charge < -0.3 is 10.1 Å². The maximum absolute atomic E-state index is 12.9. The standard InChI is InChI=1S/C21H16ClF3N6O3/c1-2-34-14-6-4-13(5-7-14)31-19-18(28-29-31)20(33)30(11-26-19)10-17(32)27-16-9-12(21(23,24)25)3-8-15(16)22/h3-9,11H,2,10H2,1H3,(H,27,32). The molecule has 0 fully saturated rings. The fourth-order valence-corrected chi connectivity index (χ4v) is 3.29. The normalized spacial score (nSPS) is 11.6. The van der Waals surface area contributed by atoms with E-state index in [1.54, 1.807) is 24.3 Å². The van der Waals surface area contributed by atoms with Gasteiger partial charge in [0.15, 0.2) is 11.2 Å². The Hall–Kier alpha value is -3.93. The molecule has 2 aromatic heterocycles. The molecular weight excluding hydrogens is 477 g/mol. The van der Waals surface area contributed by atoms with Crippen molar-refractivity contribution in [3.63, 3.8) is 0 Å². The monoisotopic (exact) mass is 492 g/mol. The quantitative estimate of drug-likeness (QED) is 0.440. The molecule has 4 rings (SSSR count). The molecule has 34 heavy (non-hydrogen) atoms. The van der Waals surface area contributed by atoms with Gasteiger partial charge in [0.2, 0.25) is 5.91 Å². The number of nitrogens with one attached hydrogen (secondary N) is 1. The van der Waals surface area contributed by atoms with Crippen molar-refractivity contribution < 1.29 is 22.7 Å². The second-order valence-electron chi connectivity index (χ2n) is 7.02. The predicted molar refractivity (Wildman–Crippen MR) is 117 cm³/mol. The van der Waals surface area contributed by atoms with Gasteiger partial charge in [-0.15, -0.1) is 5.10 Å². The lowest BCUT2D eigenvalue weighted by molar-refractivity contribution is -0.137. The first-order valence-corrected chi connectivity index (χ1v) is 10.3. The zero-order valence-corrected chi connectivity index (χ0v) is 18.3. The topological polar surface area (TPSA) is 104 Å². The van der Waals surface area contributed by atoms with Crippen molar-refractivity contribution in [3.8, 4) is 11.4 Å². The van der Waals surface area contributed by atoms with Gasteiger partial charge in [-0.2, -0.15) is 17.9 Å². The summed E-state index contributed by atoms with van der Waals surface area (Å²) in [6.45, 7) is 1.85. The Labute approximate surface area is 194 Å². The molecule has 0 bridgehead atoms. The summed E-state index contributed by atoms with van der Waals surface area (Å²) in [6.07, 6.45) is -3.47. The molecule has 0 aliphatic carbocycles. The zero-order chi connectivity index (χ0) is 24.5. The van der Waals surface area contributed by atoms with Crippen molar-refractivity contribution in [1.82, 2.24) is 24.5 Å². The first-order valence-electron chi connectivity index (χ1n) is 9.88. The first kappa shape index (κ1) is 23.2. The fraction of sp³-hybridized carbons (Fsp3) is 0.190. The molecule has 2 aromatic carbocycles. The van der Waals surface area contributed by atoms with Crippen LogP contribution in [0.15, 0.2) is 53.6 Å². The van der Waals surface area contributed by atoms with Gasteiger partial charge in [0.1, 0.15) is 18.6 Å². The Bertz CT molecular complexity index is 1420. The number of nitrogens with zero attached hydrogens (tertiary/aromatic N) is 5. The Morgan fingerprint density at radius 3 is 2.59 bits per heavy atom. The molecule has 2 heterocycles. The number of halogens is 4. The lowest BCUT2D eigenvalue weighted by Crippen LogP contribution is -2.28. The van der Waals surface area contributed by atoms with Crippen LogP contribution < -0.4 is 15.6 Å². The molecule has 0 radical (unpaired) electrons. The highest BCUT2D eigenvalue weighted by Gasteiger charge is 2.31. The molecule has 0 aliphatic rings. The van der Waals surface area contributed by atoms with Crippen LogP contribution in [0.2, 0.25) is 5.02 Å². The van der Waals surface area contributed by atoms with Crippen molar-refractivity contribution >= 4 is 34.4 Å². The van der Waals surface area contributed by atoms with Crippen molar-refractivity contribution in [2.75, 3.05) is 11.9 Å². The Balaban J connectivity index is 1.56. The molecule has 0 atom stereocenters. The van der Waals surface area contributed by atoms with Crippen LogP contribution in [0.1, 0.15) is 12.5 Å². The van der Waals surface area contributed by atoms with Crippen LogP contribution in [0.4, 0.5) is 18.9 Å². The van der Waals surface area contributed by atoms with Crippen LogP contribution in [0.25, 0.3) is 16.9 Å². The van der Waals surface area contributed by atoms with Crippen molar-refractivity contribution in [1.29, 1.82) is 0 Å². The van der Waals surface area contributed by atoms with E-state index in [-0.39, 0.29) is 21.9 Å². The number of hydrogen-bond donors (Lipinski definition) is 1. The lowest BCUT2D eigenvalue weighted by atomic mass is 10.2. The summed E-state index contributed by atoms with van der Waals surface area (Å²) in [7, 11) is 0. The largest absolute Gasteiger partial charge is 0.494 e. The number of aromatic nitrogens is 5. The smallest absolute Gasteiger partial charge is 0.416 e. The van der Waals surface area contributed by atoms with E-state index in [0.29, 0.717) is 24.1 Å². The van der Waals surface area contributed by atoms with Crippen LogP contribution in [0.5, 0.6) is 5.75 Å². The van der Waals surface area contributed by atoms with Gasteiger partial charge in [0.25, 0.3) is 5.56 Å². The van der Waals surface area contributed by atoms with Crippen molar-refractivity contribution in [2.24, 2.45) is 0 Å². The maximum atomic E-state index is 12.9. The molecule has 1 N–H and O–H groups in total. The number of fused-ring (bicyclic) bond motifs is 1. The van der Waals surface area contributed by atoms with E-state index in [2.05, 4.69) is 20.6 Å². The third kappa shape index (κ3) is 4.71. The van der Waals surface area contributed by atoms with Gasteiger partial charge in [-0.1, -0.05) is 16.8 Å². The number of carbonyl (C=O) groups excluding carboxylic acids is 1. The summed E-state index contributed by atoms with van der Waals surface area (Å²) in [6, 6.07) is 9.45. The number of anilines is 1. The van der Waals surface area contributed by atoms with E-state index >= 15 is 0 Å². The molecule has 0 spiro atoms. The second-order valence-corrected chi connectivity index (χ2v) is 7.43. The Kier molecular flexibility index (Phi) is 6.24. The van der Waals surface area contributed by atoms with Gasteiger partial charge in [0.05, 0.1) is 28.6 Å². The number of benzene rings is 2. The fourth-order valence-electron chi connectivity index (χ4n) is 3.12. The molecular formula is C21H16ClF3N6O3. The molecule has 0 saturated carbocycles. The SMILES string of the molecule is CCOc1ccc(-n2nnc3c(=O)n(CC(=O)Nc4cc(C(F)(F)F)ccc4Cl)cnc32)cc1. The van der Waals surface area contributed by atoms with E-state index in [1.807, 2.05) is 6.92 Å². The highest BCUT2D eigenvalue weighted by atomic mass is 35.5. The van der Waals surface area contributed by atoms with Crippen LogP contribution in [0, 0.1) is 0 Å². The number of amides is 1. The van der Waals surface area contributed by atoms with E-state index in [9.17, 15) is 22.8 Å². The molecule has 1 amide bonds. The molecule has 0 saturated heterocycles. The van der Waals surface area contributed by atoms with Crippen LogP contribution in [-0.4, -0.2) is 37.1 Å². The van der Waals surface area contributed by atoms with Gasteiger partial charge >= 0.3 is 6.18 Å². The molecule has 0 unspecified atom stereocenters. The van der Waals surface area contributed by atoms with Gasteiger partial charge in [-0.3, -0.25) is 14.2 Å². The van der Waals surface area contributed by atoms with E-state index in [1.165, 1.54) is 4.68 Å². The summed E-state index contributed by atoms with van der Waals surface area (Å²) in [5, 5.41) is 10.0. The van der Waals surface area contributed by atoms with Crippen LogP contribution in [-0.2, 0) is 17.5 Å². The van der Waals surface area contributed by atoms with Gasteiger partial charge in [-0.05, 0) is 49.4 Å². The van der Waals surface area contributed by atoms with E-state index in [0.717, 1.165) is 23.0 Å². The number of rotatable bonds is 6. The molecule has 0 aliphatic heterocycles. The summed E-state index contributed by atoms with van der Waals surface area (Å²) in [4.78, 5) is 29.4.